The zero-order chi connectivity index (χ0) is 29.0. The topological polar surface area (TPSA) is 120 Å². The maximum absolute atomic E-state index is 13.3. The number of sulfonamides is 1. The van der Waals surface area contributed by atoms with Gasteiger partial charge in [-0.1, -0.05) is 12.1 Å². The maximum atomic E-state index is 13.3. The summed E-state index contributed by atoms with van der Waals surface area (Å²) in [5.41, 5.74) is 1.65. The monoisotopic (exact) mass is 595 g/mol. The van der Waals surface area contributed by atoms with E-state index < -0.39 is 27.1 Å². The third-order valence-electron chi connectivity index (χ3n) is 6.64. The smallest absolute Gasteiger partial charge is 0.293 e. The van der Waals surface area contributed by atoms with E-state index in [2.05, 4.69) is 10.3 Å². The van der Waals surface area contributed by atoms with Gasteiger partial charge in [-0.3, -0.25) is 24.3 Å². The fourth-order valence-corrected chi connectivity index (χ4v) is 6.81. The van der Waals surface area contributed by atoms with Crippen molar-refractivity contribution in [1.29, 1.82) is 0 Å². The van der Waals surface area contributed by atoms with Crippen LogP contribution in [0.4, 0.5) is 14.9 Å². The highest BCUT2D eigenvalue weighted by Crippen LogP contribution is 2.31. The number of nitrogens with one attached hydrogen (secondary N) is 1. The summed E-state index contributed by atoms with van der Waals surface area (Å²) in [7, 11) is -3.85. The second kappa shape index (κ2) is 12.2. The van der Waals surface area contributed by atoms with Gasteiger partial charge in [-0.2, -0.15) is 4.31 Å². The van der Waals surface area contributed by atoms with Gasteiger partial charge in [-0.15, -0.1) is 0 Å². The van der Waals surface area contributed by atoms with Gasteiger partial charge in [-0.05, 0) is 71.9 Å². The maximum Gasteiger partial charge on any atom is 0.293 e. The number of piperazine rings is 1. The number of hydrogen-bond acceptors (Lipinski definition) is 8. The molecule has 3 amide bonds. The van der Waals surface area contributed by atoms with Gasteiger partial charge in [0, 0.05) is 62.9 Å². The molecule has 2 aromatic carbocycles. The van der Waals surface area contributed by atoms with Gasteiger partial charge in [0.1, 0.15) is 5.82 Å². The molecule has 2 saturated heterocycles. The lowest BCUT2D eigenvalue weighted by Gasteiger charge is -2.35. The third-order valence-corrected chi connectivity index (χ3v) is 9.44. The molecule has 0 unspecified atom stereocenters. The number of aromatic nitrogens is 1. The van der Waals surface area contributed by atoms with Gasteiger partial charge in [0.05, 0.1) is 9.80 Å². The molecular formula is C28H26FN5O5S2. The lowest BCUT2D eigenvalue weighted by Crippen LogP contribution is -2.48. The molecule has 2 aliphatic rings. The zero-order valence-electron chi connectivity index (χ0n) is 21.8. The van der Waals surface area contributed by atoms with Crippen molar-refractivity contribution < 1.29 is 27.2 Å². The number of nitrogens with zero attached hydrogens (tertiary/aromatic N) is 4. The number of halogens is 1. The molecule has 5 rings (SSSR count). The van der Waals surface area contributed by atoms with Crippen molar-refractivity contribution in [2.24, 2.45) is 0 Å². The van der Waals surface area contributed by atoms with Crippen molar-refractivity contribution >= 4 is 50.6 Å². The summed E-state index contributed by atoms with van der Waals surface area (Å²) in [5.74, 6) is -1.31. The minimum Gasteiger partial charge on any atom is -0.369 e. The molecule has 0 aliphatic carbocycles. The molecule has 2 aliphatic heterocycles. The Kier molecular flexibility index (Phi) is 8.47. The number of benzene rings is 2. The molecule has 1 aromatic heterocycles. The number of thioether (sulfide) groups is 1. The summed E-state index contributed by atoms with van der Waals surface area (Å²) in [6, 6.07) is 15.3. The highest BCUT2D eigenvalue weighted by Gasteiger charge is 2.35. The van der Waals surface area contributed by atoms with Crippen LogP contribution in [0.1, 0.15) is 15.9 Å². The molecule has 0 spiro atoms. The molecule has 212 valence electrons. The van der Waals surface area contributed by atoms with E-state index in [1.807, 2.05) is 4.90 Å². The molecule has 0 bridgehead atoms. The predicted octanol–water partition coefficient (Wildman–Crippen LogP) is 3.20. The van der Waals surface area contributed by atoms with E-state index in [0.717, 1.165) is 22.3 Å². The van der Waals surface area contributed by atoms with E-state index in [1.165, 1.54) is 40.7 Å². The first kappa shape index (κ1) is 28.5. The first-order chi connectivity index (χ1) is 19.7. The Morgan fingerprint density at radius 1 is 1.02 bits per heavy atom. The van der Waals surface area contributed by atoms with Crippen molar-refractivity contribution in [3.05, 3.63) is 94.9 Å². The quantitative estimate of drug-likeness (QED) is 0.395. The van der Waals surface area contributed by atoms with Crippen molar-refractivity contribution in [2.45, 2.75) is 4.90 Å². The van der Waals surface area contributed by atoms with Crippen molar-refractivity contribution in [1.82, 2.24) is 19.5 Å². The van der Waals surface area contributed by atoms with Crippen LogP contribution >= 0.6 is 11.8 Å². The molecule has 1 N–H and O–H groups in total. The van der Waals surface area contributed by atoms with E-state index in [1.54, 1.807) is 42.7 Å². The Balaban J connectivity index is 1.17. The van der Waals surface area contributed by atoms with Gasteiger partial charge < -0.3 is 10.2 Å². The lowest BCUT2D eigenvalue weighted by atomic mass is 10.2. The first-order valence-electron chi connectivity index (χ1n) is 12.8. The predicted molar refractivity (Wildman–Crippen MR) is 153 cm³/mol. The number of pyridine rings is 1. The summed E-state index contributed by atoms with van der Waals surface area (Å²) < 4.78 is 41.2. The van der Waals surface area contributed by atoms with Crippen LogP contribution < -0.4 is 10.2 Å². The normalized spacial score (nSPS) is 17.3. The molecule has 41 heavy (non-hydrogen) atoms. The van der Waals surface area contributed by atoms with Crippen LogP contribution in [0.15, 0.2) is 82.9 Å². The molecule has 0 radical (unpaired) electrons. The molecule has 3 aromatic rings. The Hall–Kier alpha value is -4.07. The van der Waals surface area contributed by atoms with E-state index in [4.69, 9.17) is 0 Å². The highest BCUT2D eigenvalue weighted by molar-refractivity contribution is 8.18. The minimum absolute atomic E-state index is 0.000626. The zero-order valence-corrected chi connectivity index (χ0v) is 23.4. The summed E-state index contributed by atoms with van der Waals surface area (Å²) in [4.78, 5) is 45.1. The van der Waals surface area contributed by atoms with E-state index in [-0.39, 0.29) is 47.4 Å². The average Bonchev–Trinajstić information content (AvgIpc) is 3.25. The number of carbonyl (C=O) groups excluding carboxylic acids is 3. The van der Waals surface area contributed by atoms with Crippen LogP contribution in [0.2, 0.25) is 0 Å². The number of anilines is 1. The van der Waals surface area contributed by atoms with Crippen LogP contribution in [-0.4, -0.2) is 78.9 Å². The molecule has 2 fully saturated rings. The summed E-state index contributed by atoms with van der Waals surface area (Å²) in [6.07, 6.45) is 4.77. The van der Waals surface area contributed by atoms with Crippen LogP contribution in [-0.2, 0) is 14.8 Å². The fraction of sp³-hybridized carbons (Fsp3) is 0.214. The molecule has 10 nitrogen and oxygen atoms in total. The third kappa shape index (κ3) is 6.47. The Morgan fingerprint density at radius 3 is 2.49 bits per heavy atom. The van der Waals surface area contributed by atoms with Crippen LogP contribution in [0.5, 0.6) is 0 Å². The van der Waals surface area contributed by atoms with Gasteiger partial charge in [0.15, 0.2) is 0 Å². The number of carbonyl (C=O) groups is 3. The van der Waals surface area contributed by atoms with Crippen molar-refractivity contribution in [2.75, 3.05) is 44.2 Å². The summed E-state index contributed by atoms with van der Waals surface area (Å²) >= 11 is 0.818. The fourth-order valence-electron chi connectivity index (χ4n) is 4.47. The average molecular weight is 596 g/mol. The van der Waals surface area contributed by atoms with Crippen molar-refractivity contribution in [3.63, 3.8) is 0 Å². The number of amides is 3. The molecule has 3 heterocycles. The number of hydrogen-bond donors (Lipinski definition) is 1. The first-order valence-corrected chi connectivity index (χ1v) is 15.0. The highest BCUT2D eigenvalue weighted by atomic mass is 32.2. The number of imide groups is 1. The second-order valence-corrected chi connectivity index (χ2v) is 12.2. The van der Waals surface area contributed by atoms with Gasteiger partial charge in [-0.25, -0.2) is 12.8 Å². The molecule has 0 atom stereocenters. The van der Waals surface area contributed by atoms with Crippen LogP contribution in [0, 0.1) is 5.82 Å². The Bertz CT molecular complexity index is 1590. The second-order valence-electron chi connectivity index (χ2n) is 9.27. The Morgan fingerprint density at radius 2 is 1.78 bits per heavy atom. The van der Waals surface area contributed by atoms with Gasteiger partial charge in [0.25, 0.3) is 17.1 Å². The van der Waals surface area contributed by atoms with Gasteiger partial charge in [0.2, 0.25) is 10.0 Å². The lowest BCUT2D eigenvalue weighted by molar-refractivity contribution is -0.122. The van der Waals surface area contributed by atoms with E-state index in [9.17, 15) is 27.2 Å². The van der Waals surface area contributed by atoms with Crippen LogP contribution in [0.25, 0.3) is 6.08 Å². The van der Waals surface area contributed by atoms with Crippen LogP contribution in [0.3, 0.4) is 0 Å². The molecular weight excluding hydrogens is 569 g/mol. The summed E-state index contributed by atoms with van der Waals surface area (Å²) in [5, 5.41) is 2.21. The number of rotatable bonds is 8. The standard InChI is InChI=1S/C28H26FN5O5S2/c29-22-6-8-23(9-7-22)32-13-15-33(16-14-32)41(38,39)24-5-1-4-21(18-24)26(35)31-11-12-34-27(36)25(40-28(34)37)17-20-3-2-10-30-19-20/h1-10,17-19H,11-16H2,(H,31,35)/b25-17-. The Labute approximate surface area is 240 Å². The minimum atomic E-state index is -3.85. The SMILES string of the molecule is O=C(NCCN1C(=O)S/C(=C\c2cccnc2)C1=O)c1cccc(S(=O)(=O)N2CCN(c3ccc(F)cc3)CC2)c1. The largest absolute Gasteiger partial charge is 0.369 e. The van der Waals surface area contributed by atoms with Gasteiger partial charge >= 0.3 is 0 Å². The van der Waals surface area contributed by atoms with E-state index in [0.29, 0.717) is 18.7 Å². The van der Waals surface area contributed by atoms with Crippen molar-refractivity contribution in [3.8, 4) is 0 Å². The summed E-state index contributed by atoms with van der Waals surface area (Å²) in [6.45, 7) is 1.33. The molecule has 0 saturated carbocycles. The van der Waals surface area contributed by atoms with E-state index >= 15 is 0 Å². The molecule has 13 heteroatoms.